The van der Waals surface area contributed by atoms with Crippen LogP contribution in [0.1, 0.15) is 27.6 Å². The maximum absolute atomic E-state index is 15.1. The van der Waals surface area contributed by atoms with E-state index in [1.807, 2.05) is 49.4 Å². The van der Waals surface area contributed by atoms with Gasteiger partial charge in [0.15, 0.2) is 5.37 Å². The Bertz CT molecular complexity index is 2260. The number of sulfone groups is 1. The van der Waals surface area contributed by atoms with Crippen LogP contribution in [0, 0.1) is 6.92 Å². The van der Waals surface area contributed by atoms with Crippen LogP contribution in [0.5, 0.6) is 5.75 Å². The Morgan fingerprint density at radius 3 is 2.38 bits per heavy atom. The molecule has 4 amide bonds. The van der Waals surface area contributed by atoms with Gasteiger partial charge in [-0.15, -0.1) is 6.58 Å². The molecule has 5 aromatic rings. The molecule has 2 saturated heterocycles. The zero-order valence-corrected chi connectivity index (χ0v) is 29.9. The number of aromatic amines is 1. The number of aromatic hydroxyl groups is 1. The van der Waals surface area contributed by atoms with Crippen LogP contribution in [-0.2, 0) is 32.4 Å². The molecular weight excluding hydrogens is 693 g/mol. The monoisotopic (exact) mass is 732 g/mol. The lowest BCUT2D eigenvalue weighted by Crippen LogP contribution is -2.77. The number of para-hydroxylation sites is 1. The summed E-state index contributed by atoms with van der Waals surface area (Å²) >= 11 is 0. The number of aryl methyl sites for hydroxylation is 1. The normalized spacial score (nSPS) is 18.5. The number of amides is 4. The molecule has 13 heteroatoms. The van der Waals surface area contributed by atoms with Crippen molar-refractivity contribution in [2.24, 2.45) is 0 Å². The summed E-state index contributed by atoms with van der Waals surface area (Å²) in [4.78, 5) is 49.4. The standard InChI is InChI=1S/C40H40N6O6S/c1-3-21-43-26-37(48)45-35(22-28-15-17-30(47)18-16-28)38(49)44(25-36(45)46(43)40(50)42-23-29-9-5-4-6-10-29)39(33-24-41-34-12-8-7-11-32(33)34)53(51,52)31-19-13-27(2)14-20-31/h3-20,24,35-36,39,41,47H,1,21-23,25-26H2,2H3,(H,42,50). The van der Waals surface area contributed by atoms with Gasteiger partial charge in [0.25, 0.3) is 0 Å². The summed E-state index contributed by atoms with van der Waals surface area (Å²) in [7, 11) is -4.33. The van der Waals surface area contributed by atoms with E-state index in [1.54, 1.807) is 53.7 Å². The smallest absolute Gasteiger partial charge is 0.334 e. The van der Waals surface area contributed by atoms with Gasteiger partial charge in [0, 0.05) is 42.2 Å². The molecule has 272 valence electrons. The minimum atomic E-state index is -4.33. The highest BCUT2D eigenvalue weighted by Gasteiger charge is 2.54. The number of aromatic nitrogens is 1. The van der Waals surface area contributed by atoms with Gasteiger partial charge in [-0.25, -0.2) is 23.2 Å². The van der Waals surface area contributed by atoms with E-state index in [4.69, 9.17) is 0 Å². The molecule has 0 radical (unpaired) electrons. The molecule has 7 rings (SSSR count). The van der Waals surface area contributed by atoms with Gasteiger partial charge in [-0.1, -0.05) is 84.4 Å². The lowest BCUT2D eigenvalue weighted by atomic mass is 9.98. The topological polar surface area (TPSA) is 146 Å². The molecule has 0 bridgehead atoms. The van der Waals surface area contributed by atoms with Crippen LogP contribution >= 0.6 is 0 Å². The first kappa shape index (κ1) is 35.5. The molecular formula is C40H40N6O6S. The van der Waals surface area contributed by atoms with Crippen molar-refractivity contribution in [2.45, 2.75) is 42.4 Å². The number of phenolic OH excluding ortho intramolecular Hbond substituents is 1. The van der Waals surface area contributed by atoms with Gasteiger partial charge in [-0.2, -0.15) is 0 Å². The first-order chi connectivity index (χ1) is 25.6. The fraction of sp³-hybridized carbons (Fsp3) is 0.225. The molecule has 2 aliphatic rings. The van der Waals surface area contributed by atoms with E-state index in [2.05, 4.69) is 16.9 Å². The summed E-state index contributed by atoms with van der Waals surface area (Å²) in [5, 5.41) is 15.0. The molecule has 0 spiro atoms. The van der Waals surface area contributed by atoms with E-state index >= 15 is 4.79 Å². The third-order valence-corrected chi connectivity index (χ3v) is 11.8. The molecule has 2 aliphatic heterocycles. The van der Waals surface area contributed by atoms with Crippen molar-refractivity contribution in [3.8, 4) is 5.75 Å². The van der Waals surface area contributed by atoms with Gasteiger partial charge in [0.1, 0.15) is 18.0 Å². The highest BCUT2D eigenvalue weighted by Crippen LogP contribution is 2.40. The summed E-state index contributed by atoms with van der Waals surface area (Å²) in [5.41, 5.74) is 3.40. The first-order valence-electron chi connectivity index (χ1n) is 17.3. The minimum absolute atomic E-state index is 0.00394. The van der Waals surface area contributed by atoms with Gasteiger partial charge in [0.2, 0.25) is 21.7 Å². The second kappa shape index (κ2) is 14.6. The molecule has 3 heterocycles. The number of nitrogens with one attached hydrogen (secondary N) is 2. The quantitative estimate of drug-likeness (QED) is 0.173. The summed E-state index contributed by atoms with van der Waals surface area (Å²) in [6.45, 7) is 5.51. The zero-order valence-electron chi connectivity index (χ0n) is 29.1. The maximum atomic E-state index is 15.1. The predicted octanol–water partition coefficient (Wildman–Crippen LogP) is 4.89. The number of hydrogen-bond donors (Lipinski definition) is 3. The number of rotatable bonds is 10. The second-order valence-corrected chi connectivity index (χ2v) is 15.3. The highest BCUT2D eigenvalue weighted by molar-refractivity contribution is 7.91. The minimum Gasteiger partial charge on any atom is -0.508 e. The van der Waals surface area contributed by atoms with Crippen LogP contribution in [-0.4, -0.2) is 88.0 Å². The fourth-order valence-electron chi connectivity index (χ4n) is 7.24. The lowest BCUT2D eigenvalue weighted by Gasteiger charge is -2.55. The predicted molar refractivity (Wildman–Crippen MR) is 200 cm³/mol. The van der Waals surface area contributed by atoms with Gasteiger partial charge in [-0.05, 0) is 48.4 Å². The molecule has 0 saturated carbocycles. The van der Waals surface area contributed by atoms with E-state index < -0.39 is 45.3 Å². The van der Waals surface area contributed by atoms with Gasteiger partial charge >= 0.3 is 6.03 Å². The van der Waals surface area contributed by atoms with Crippen LogP contribution in [0.3, 0.4) is 0 Å². The number of fused-ring (bicyclic) bond motifs is 2. The zero-order chi connectivity index (χ0) is 37.3. The summed E-state index contributed by atoms with van der Waals surface area (Å²) in [5.74, 6) is -0.955. The van der Waals surface area contributed by atoms with Crippen LogP contribution in [0.15, 0.2) is 127 Å². The van der Waals surface area contributed by atoms with E-state index in [0.29, 0.717) is 22.0 Å². The third kappa shape index (κ3) is 6.88. The first-order valence-corrected chi connectivity index (χ1v) is 18.8. The number of piperazine rings is 1. The molecule has 4 aromatic carbocycles. The molecule has 3 atom stereocenters. The summed E-state index contributed by atoms with van der Waals surface area (Å²) in [6.07, 6.45) is 2.10. The summed E-state index contributed by atoms with van der Waals surface area (Å²) < 4.78 is 29.9. The van der Waals surface area contributed by atoms with Crippen LogP contribution in [0.2, 0.25) is 0 Å². The molecule has 53 heavy (non-hydrogen) atoms. The van der Waals surface area contributed by atoms with Gasteiger partial charge < -0.3 is 25.2 Å². The highest BCUT2D eigenvalue weighted by atomic mass is 32.2. The van der Waals surface area contributed by atoms with Gasteiger partial charge in [-0.3, -0.25) is 9.59 Å². The Hall–Kier alpha value is -5.92. The average Bonchev–Trinajstić information content (AvgIpc) is 3.57. The number of carbonyl (C=O) groups is 3. The van der Waals surface area contributed by atoms with Crippen molar-refractivity contribution in [1.82, 2.24) is 30.1 Å². The van der Waals surface area contributed by atoms with E-state index in [9.17, 15) is 23.1 Å². The maximum Gasteiger partial charge on any atom is 0.334 e. The number of H-pyrrole nitrogens is 1. The van der Waals surface area contributed by atoms with Crippen molar-refractivity contribution in [3.05, 3.63) is 144 Å². The molecule has 0 aliphatic carbocycles. The fourth-order valence-corrected chi connectivity index (χ4v) is 9.07. The Morgan fingerprint density at radius 2 is 1.66 bits per heavy atom. The Kier molecular flexibility index (Phi) is 9.78. The van der Waals surface area contributed by atoms with Crippen LogP contribution in [0.25, 0.3) is 10.9 Å². The Balaban J connectivity index is 1.38. The number of carbonyl (C=O) groups excluding carboxylic acids is 3. The second-order valence-electron chi connectivity index (χ2n) is 13.3. The Labute approximate surface area is 307 Å². The number of urea groups is 1. The van der Waals surface area contributed by atoms with Gasteiger partial charge in [0.05, 0.1) is 18.0 Å². The number of hydrogen-bond acceptors (Lipinski definition) is 7. The Morgan fingerprint density at radius 1 is 0.962 bits per heavy atom. The van der Waals surface area contributed by atoms with E-state index in [0.717, 1.165) is 11.1 Å². The largest absolute Gasteiger partial charge is 0.508 e. The van der Waals surface area contributed by atoms with E-state index in [1.165, 1.54) is 39.1 Å². The van der Waals surface area contributed by atoms with Crippen LogP contribution < -0.4 is 5.32 Å². The van der Waals surface area contributed by atoms with Crippen molar-refractivity contribution >= 4 is 38.6 Å². The SMILES string of the molecule is C=CCN1CC(=O)N2C(Cc3ccc(O)cc3)C(=O)N(C(c3c[nH]c4ccccc34)S(=O)(=O)c3ccc(C)cc3)CC2N1C(=O)NCc1ccccc1. The van der Waals surface area contributed by atoms with Crippen molar-refractivity contribution in [1.29, 1.82) is 0 Å². The number of hydrazine groups is 1. The number of phenols is 1. The summed E-state index contributed by atoms with van der Waals surface area (Å²) in [6, 6.07) is 27.7. The molecule has 12 nitrogen and oxygen atoms in total. The number of nitrogens with zero attached hydrogens (tertiary/aromatic N) is 4. The van der Waals surface area contributed by atoms with Crippen molar-refractivity contribution in [3.63, 3.8) is 0 Å². The molecule has 3 unspecified atom stereocenters. The van der Waals surface area contributed by atoms with Crippen molar-refractivity contribution in [2.75, 3.05) is 19.6 Å². The van der Waals surface area contributed by atoms with E-state index in [-0.39, 0.29) is 43.2 Å². The lowest BCUT2D eigenvalue weighted by molar-refractivity contribution is -0.189. The average molecular weight is 733 g/mol. The van der Waals surface area contributed by atoms with Crippen molar-refractivity contribution < 1.29 is 27.9 Å². The molecule has 3 N–H and O–H groups in total. The molecule has 2 fully saturated rings. The third-order valence-electron chi connectivity index (χ3n) is 9.79. The number of benzene rings is 4. The van der Waals surface area contributed by atoms with Crippen LogP contribution in [0.4, 0.5) is 4.79 Å². The molecule has 1 aromatic heterocycles.